The summed E-state index contributed by atoms with van der Waals surface area (Å²) in [5, 5.41) is 2.79. The SMILES string of the molecule is O=C(Nc1cnccn1)N1c2nc(-c3cncc(F)c3)ccc2N2CC[C@H]1C2. The normalized spacial score (nSPS) is 17.4. The Hall–Kier alpha value is -3.62. The summed E-state index contributed by atoms with van der Waals surface area (Å²) in [6, 6.07) is 4.83. The molecular weight excluding hydrogens is 361 g/mol. The molecule has 3 aromatic rings. The van der Waals surface area contributed by atoms with Gasteiger partial charge in [-0.1, -0.05) is 0 Å². The standard InChI is InChI=1S/C19H16FN7O/c20-13-7-12(8-22-9-13)15-1-2-16-18(24-15)27(14-3-6-26(16)11-14)19(28)25-17-10-21-4-5-23-17/h1-2,4-5,7-10,14H,3,6,11H2,(H,23,25,28)/t14-/m0/s1. The third-order valence-electron chi connectivity index (χ3n) is 4.97. The predicted molar refractivity (Wildman–Crippen MR) is 102 cm³/mol. The Bertz CT molecular complexity index is 1050. The number of hydrogen-bond acceptors (Lipinski definition) is 6. The van der Waals surface area contributed by atoms with Crippen LogP contribution in [-0.2, 0) is 0 Å². The summed E-state index contributed by atoms with van der Waals surface area (Å²) in [6.45, 7) is 1.61. The van der Waals surface area contributed by atoms with Gasteiger partial charge in [0.15, 0.2) is 11.6 Å². The average Bonchev–Trinajstić information content (AvgIpc) is 3.13. The van der Waals surface area contributed by atoms with Crippen molar-refractivity contribution < 1.29 is 9.18 Å². The Morgan fingerprint density at radius 2 is 2.11 bits per heavy atom. The molecule has 28 heavy (non-hydrogen) atoms. The van der Waals surface area contributed by atoms with Crippen LogP contribution in [0.4, 0.5) is 26.5 Å². The molecule has 2 amide bonds. The van der Waals surface area contributed by atoms with Crippen molar-refractivity contribution >= 4 is 23.4 Å². The molecule has 0 aromatic carbocycles. The number of hydrogen-bond donors (Lipinski definition) is 1. The predicted octanol–water partition coefficient (Wildman–Crippen LogP) is 2.70. The highest BCUT2D eigenvalue weighted by molar-refractivity contribution is 6.04. The Labute approximate surface area is 160 Å². The van der Waals surface area contributed by atoms with Gasteiger partial charge in [0.2, 0.25) is 0 Å². The number of halogens is 1. The Morgan fingerprint density at radius 1 is 1.18 bits per heavy atom. The first-order valence-corrected chi connectivity index (χ1v) is 8.92. The first-order valence-electron chi connectivity index (χ1n) is 8.92. The fraction of sp³-hybridized carbons (Fsp3) is 0.211. The molecule has 0 unspecified atom stereocenters. The Morgan fingerprint density at radius 3 is 2.93 bits per heavy atom. The summed E-state index contributed by atoms with van der Waals surface area (Å²) < 4.78 is 13.6. The minimum Gasteiger partial charge on any atom is -0.366 e. The molecule has 1 N–H and O–H groups in total. The van der Waals surface area contributed by atoms with Crippen molar-refractivity contribution in [1.29, 1.82) is 0 Å². The quantitative estimate of drug-likeness (QED) is 0.739. The first-order chi connectivity index (χ1) is 13.7. The van der Waals surface area contributed by atoms with E-state index in [0.29, 0.717) is 22.9 Å². The first kappa shape index (κ1) is 16.5. The second kappa shape index (κ2) is 6.52. The number of rotatable bonds is 2. The molecule has 0 radical (unpaired) electrons. The zero-order valence-corrected chi connectivity index (χ0v) is 14.8. The molecule has 1 atom stereocenters. The van der Waals surface area contributed by atoms with Gasteiger partial charge in [0.1, 0.15) is 5.82 Å². The van der Waals surface area contributed by atoms with Gasteiger partial charge in [-0.3, -0.25) is 20.2 Å². The lowest BCUT2D eigenvalue weighted by molar-refractivity contribution is 0.254. The third kappa shape index (κ3) is 2.81. The van der Waals surface area contributed by atoms with Crippen molar-refractivity contribution in [3.05, 3.63) is 55.0 Å². The van der Waals surface area contributed by atoms with E-state index in [2.05, 4.69) is 25.2 Å². The zero-order valence-electron chi connectivity index (χ0n) is 14.8. The topological polar surface area (TPSA) is 87.1 Å². The number of pyridine rings is 2. The molecule has 0 saturated carbocycles. The zero-order chi connectivity index (χ0) is 19.1. The molecule has 8 nitrogen and oxygen atoms in total. The van der Waals surface area contributed by atoms with E-state index in [1.54, 1.807) is 17.3 Å². The minimum absolute atomic E-state index is 0.0116. The molecule has 2 aliphatic rings. The highest BCUT2D eigenvalue weighted by Crippen LogP contribution is 2.40. The van der Waals surface area contributed by atoms with E-state index in [9.17, 15) is 9.18 Å². The van der Waals surface area contributed by atoms with Gasteiger partial charge in [-0.05, 0) is 24.6 Å². The largest absolute Gasteiger partial charge is 0.366 e. The van der Waals surface area contributed by atoms with Crippen LogP contribution in [0.5, 0.6) is 0 Å². The molecule has 2 bridgehead atoms. The van der Waals surface area contributed by atoms with Gasteiger partial charge in [0.25, 0.3) is 0 Å². The number of nitrogens with zero attached hydrogens (tertiary/aromatic N) is 6. The van der Waals surface area contributed by atoms with Crippen molar-refractivity contribution in [2.45, 2.75) is 12.5 Å². The van der Waals surface area contributed by atoms with Crippen LogP contribution in [0, 0.1) is 5.82 Å². The fourth-order valence-corrected chi connectivity index (χ4v) is 3.72. The smallest absolute Gasteiger partial charge is 0.329 e. The van der Waals surface area contributed by atoms with Gasteiger partial charge in [0.05, 0.1) is 29.8 Å². The van der Waals surface area contributed by atoms with Crippen LogP contribution in [0.3, 0.4) is 0 Å². The second-order valence-corrected chi connectivity index (χ2v) is 6.71. The van der Waals surface area contributed by atoms with E-state index in [1.165, 1.54) is 18.5 Å². The molecule has 2 aliphatic heterocycles. The lowest BCUT2D eigenvalue weighted by Crippen LogP contribution is -2.48. The monoisotopic (exact) mass is 377 g/mol. The van der Waals surface area contributed by atoms with Crippen molar-refractivity contribution in [2.24, 2.45) is 0 Å². The van der Waals surface area contributed by atoms with Gasteiger partial charge in [-0.2, -0.15) is 0 Å². The summed E-state index contributed by atoms with van der Waals surface area (Å²) >= 11 is 0. The number of urea groups is 1. The van der Waals surface area contributed by atoms with Gasteiger partial charge in [0, 0.05) is 37.2 Å². The Balaban J connectivity index is 1.54. The lowest BCUT2D eigenvalue weighted by atomic mass is 10.1. The number of carbonyl (C=O) groups excluding carboxylic acids is 1. The maximum absolute atomic E-state index is 13.6. The van der Waals surface area contributed by atoms with E-state index < -0.39 is 5.82 Å². The number of aromatic nitrogens is 4. The molecule has 3 aromatic heterocycles. The van der Waals surface area contributed by atoms with Crippen LogP contribution in [0.15, 0.2) is 49.2 Å². The maximum atomic E-state index is 13.6. The third-order valence-corrected chi connectivity index (χ3v) is 4.97. The van der Waals surface area contributed by atoms with Crippen LogP contribution in [0.25, 0.3) is 11.3 Å². The second-order valence-electron chi connectivity index (χ2n) is 6.71. The van der Waals surface area contributed by atoms with Gasteiger partial charge >= 0.3 is 6.03 Å². The molecule has 0 spiro atoms. The summed E-state index contributed by atoms with van der Waals surface area (Å²) in [5.41, 5.74) is 2.01. The van der Waals surface area contributed by atoms with Crippen molar-refractivity contribution in [3.63, 3.8) is 0 Å². The minimum atomic E-state index is -0.432. The van der Waals surface area contributed by atoms with E-state index in [1.807, 2.05) is 12.1 Å². The summed E-state index contributed by atoms with van der Waals surface area (Å²) in [6.07, 6.45) is 8.10. The van der Waals surface area contributed by atoms with Crippen molar-refractivity contribution in [1.82, 2.24) is 19.9 Å². The van der Waals surface area contributed by atoms with E-state index in [-0.39, 0.29) is 12.1 Å². The Kier molecular flexibility index (Phi) is 3.85. The summed E-state index contributed by atoms with van der Waals surface area (Å²) in [7, 11) is 0. The summed E-state index contributed by atoms with van der Waals surface area (Å²) in [4.78, 5) is 33.6. The number of fused-ring (bicyclic) bond motifs is 4. The van der Waals surface area contributed by atoms with Crippen LogP contribution >= 0.6 is 0 Å². The molecule has 1 fully saturated rings. The van der Waals surface area contributed by atoms with E-state index >= 15 is 0 Å². The summed E-state index contributed by atoms with van der Waals surface area (Å²) in [5.74, 6) is 0.495. The van der Waals surface area contributed by atoms with E-state index in [0.717, 1.165) is 31.4 Å². The van der Waals surface area contributed by atoms with Crippen molar-refractivity contribution in [3.8, 4) is 11.3 Å². The molecule has 140 valence electrons. The lowest BCUT2D eigenvalue weighted by Gasteiger charge is -2.35. The van der Waals surface area contributed by atoms with E-state index in [4.69, 9.17) is 4.98 Å². The fourth-order valence-electron chi connectivity index (χ4n) is 3.72. The number of nitrogens with one attached hydrogen (secondary N) is 1. The number of anilines is 3. The molecular formula is C19H16FN7O. The molecule has 5 rings (SSSR count). The molecule has 5 heterocycles. The van der Waals surface area contributed by atoms with Crippen LogP contribution in [0.1, 0.15) is 6.42 Å². The highest BCUT2D eigenvalue weighted by Gasteiger charge is 2.40. The average molecular weight is 377 g/mol. The maximum Gasteiger partial charge on any atom is 0.329 e. The van der Waals surface area contributed by atoms with Crippen molar-refractivity contribution in [2.75, 3.05) is 28.2 Å². The molecule has 0 aliphatic carbocycles. The van der Waals surface area contributed by atoms with Crippen LogP contribution < -0.4 is 15.1 Å². The van der Waals surface area contributed by atoms with Crippen LogP contribution in [-0.4, -0.2) is 45.1 Å². The van der Waals surface area contributed by atoms with Gasteiger partial charge < -0.3 is 4.90 Å². The van der Waals surface area contributed by atoms with Gasteiger partial charge in [-0.15, -0.1) is 0 Å². The number of amides is 2. The highest BCUT2D eigenvalue weighted by atomic mass is 19.1. The van der Waals surface area contributed by atoms with Gasteiger partial charge in [-0.25, -0.2) is 19.2 Å². The molecule has 1 saturated heterocycles. The number of carbonyl (C=O) groups is 1. The molecule has 9 heteroatoms. The van der Waals surface area contributed by atoms with Crippen LogP contribution in [0.2, 0.25) is 0 Å².